The average molecular weight is 811 g/mol. The number of thioether (sulfide) groups is 2. The maximum atomic E-state index is 13.3. The monoisotopic (exact) mass is 810 g/mol. The van der Waals surface area contributed by atoms with E-state index in [9.17, 15) is 27.0 Å². The Balaban J connectivity index is 0.000000208. The second-order valence-electron chi connectivity index (χ2n) is 14.6. The van der Waals surface area contributed by atoms with Crippen LogP contribution in [-0.4, -0.2) is 64.2 Å². The van der Waals surface area contributed by atoms with Gasteiger partial charge in [-0.15, -0.1) is 23.5 Å². The number of phenols is 2. The van der Waals surface area contributed by atoms with E-state index in [2.05, 4.69) is 37.5 Å². The average Bonchev–Trinajstić information content (AvgIpc) is 3.32. The molecule has 0 spiro atoms. The summed E-state index contributed by atoms with van der Waals surface area (Å²) >= 11 is 2.83. The molecule has 2 aliphatic rings. The van der Waals surface area contributed by atoms with Crippen LogP contribution in [0.4, 0.5) is 22.7 Å². The van der Waals surface area contributed by atoms with Gasteiger partial charge in [-0.05, 0) is 74.6 Å². The number of sulfone groups is 2. The van der Waals surface area contributed by atoms with Crippen LogP contribution in [-0.2, 0) is 19.7 Å². The molecule has 0 radical (unpaired) electrons. The van der Waals surface area contributed by atoms with E-state index in [-0.39, 0.29) is 43.6 Å². The minimum Gasteiger partial charge on any atom is -0.507 e. The maximum Gasteiger partial charge on any atom is 0.181 e. The number of anilines is 4. The van der Waals surface area contributed by atoms with Gasteiger partial charge >= 0.3 is 0 Å². The molecular weight excluding hydrogens is 757 g/mol. The van der Waals surface area contributed by atoms with Gasteiger partial charge in [0.2, 0.25) is 0 Å². The summed E-state index contributed by atoms with van der Waals surface area (Å²) in [5, 5.41) is 20.7. The number of hydrogen-bond acceptors (Lipinski definition) is 10. The highest BCUT2D eigenvalue weighted by Gasteiger charge is 2.43. The van der Waals surface area contributed by atoms with E-state index in [1.54, 1.807) is 0 Å². The molecule has 0 saturated carbocycles. The highest BCUT2D eigenvalue weighted by molar-refractivity contribution is 7.99. The van der Waals surface area contributed by atoms with E-state index in [4.69, 9.17) is 0 Å². The number of aromatic hydroxyl groups is 2. The number of hydrogen-bond donors (Lipinski definition) is 2. The molecule has 6 rings (SSSR count). The fourth-order valence-corrected chi connectivity index (χ4v) is 13.4. The minimum absolute atomic E-state index is 0.0253. The van der Waals surface area contributed by atoms with Crippen molar-refractivity contribution >= 4 is 65.9 Å². The molecular formula is C42H54N2O6S4. The summed E-state index contributed by atoms with van der Waals surface area (Å²) < 4.78 is 53.3. The topological polar surface area (TPSA) is 115 Å². The third-order valence-corrected chi connectivity index (χ3v) is 16.5. The highest BCUT2D eigenvalue weighted by atomic mass is 32.2. The molecule has 4 aromatic rings. The second kappa shape index (κ2) is 17.2. The van der Waals surface area contributed by atoms with Crippen molar-refractivity contribution in [2.45, 2.75) is 85.8 Å². The fraction of sp³-hybridized carbons (Fsp3) is 0.429. The van der Waals surface area contributed by atoms with E-state index in [1.165, 1.54) is 35.7 Å². The third-order valence-electron chi connectivity index (χ3n) is 10.9. The lowest BCUT2D eigenvalue weighted by Gasteiger charge is -2.36. The molecule has 2 atom stereocenters. The van der Waals surface area contributed by atoms with Gasteiger partial charge in [-0.25, -0.2) is 16.8 Å². The smallest absolute Gasteiger partial charge is 0.181 e. The molecule has 0 aliphatic carbocycles. The zero-order valence-corrected chi connectivity index (χ0v) is 35.5. The molecule has 0 unspecified atom stereocenters. The maximum absolute atomic E-state index is 13.3. The Bertz CT molecular complexity index is 1980. The first-order chi connectivity index (χ1) is 25.7. The van der Waals surface area contributed by atoms with Gasteiger partial charge in [-0.2, -0.15) is 0 Å². The SMILES string of the molecule is CCC[C@@]1(CC)CN(c2ccccc2)c2cc(SC)c(O)cc2S(=O)(=O)C1.CCC[C@]1(CC)CN(c2ccccc2)c2cc(SC)c(O)cc2S(=O)(=O)C1. The summed E-state index contributed by atoms with van der Waals surface area (Å²) in [6.45, 7) is 9.65. The van der Waals surface area contributed by atoms with E-state index in [0.29, 0.717) is 34.3 Å². The molecule has 2 N–H and O–H groups in total. The Hall–Kier alpha value is -3.32. The Kier molecular flexibility index (Phi) is 13.3. The van der Waals surface area contributed by atoms with Crippen molar-refractivity contribution in [1.29, 1.82) is 0 Å². The van der Waals surface area contributed by atoms with Crippen LogP contribution in [0.3, 0.4) is 0 Å². The van der Waals surface area contributed by atoms with Gasteiger partial charge in [0.25, 0.3) is 0 Å². The molecule has 0 aromatic heterocycles. The predicted molar refractivity (Wildman–Crippen MR) is 226 cm³/mol. The number of para-hydroxylation sites is 2. The van der Waals surface area contributed by atoms with Gasteiger partial charge in [0, 0.05) is 47.4 Å². The van der Waals surface area contributed by atoms with Gasteiger partial charge in [0.05, 0.1) is 42.5 Å². The first kappa shape index (κ1) is 41.8. The minimum atomic E-state index is -3.52. The summed E-state index contributed by atoms with van der Waals surface area (Å²) in [4.78, 5) is 6.08. The summed E-state index contributed by atoms with van der Waals surface area (Å²) in [7, 11) is -7.04. The molecule has 4 aromatic carbocycles. The molecule has 8 nitrogen and oxygen atoms in total. The van der Waals surface area contributed by atoms with Gasteiger partial charge in [-0.3, -0.25) is 0 Å². The standard InChI is InChI=1S/2C21H27NO3S2/c2*1-4-11-21(5-2)14-22(16-9-7-6-8-10-16)17-12-19(26-3)18(23)13-20(17)27(24,25)15-21/h2*6-10,12-13,23H,4-5,11,14-15H2,1-3H3/t2*21-/m10/s1. The zero-order valence-electron chi connectivity index (χ0n) is 32.2. The Morgan fingerprint density at radius 3 is 1.24 bits per heavy atom. The van der Waals surface area contributed by atoms with E-state index in [1.807, 2.05) is 85.3 Å². The highest BCUT2D eigenvalue weighted by Crippen LogP contribution is 2.48. The lowest BCUT2D eigenvalue weighted by molar-refractivity contribution is 0.296. The molecule has 0 amide bonds. The van der Waals surface area contributed by atoms with E-state index in [0.717, 1.165) is 49.9 Å². The van der Waals surface area contributed by atoms with Crippen LogP contribution in [0.5, 0.6) is 11.5 Å². The zero-order chi connectivity index (χ0) is 39.3. The molecule has 12 heteroatoms. The van der Waals surface area contributed by atoms with Crippen molar-refractivity contribution in [2.75, 3.05) is 46.9 Å². The van der Waals surface area contributed by atoms with E-state index < -0.39 is 19.7 Å². The largest absolute Gasteiger partial charge is 0.507 e. The normalized spacial score (nSPS) is 21.5. The molecule has 2 heterocycles. The Labute approximate surface area is 331 Å². The molecule has 2 aliphatic heterocycles. The van der Waals surface area contributed by atoms with Crippen molar-refractivity contribution in [2.24, 2.45) is 10.8 Å². The number of phenolic OH excluding ortho intramolecular Hbond substituents is 2. The quantitative estimate of drug-likeness (QED) is 0.150. The molecule has 0 fully saturated rings. The molecule has 292 valence electrons. The Morgan fingerprint density at radius 2 is 0.944 bits per heavy atom. The van der Waals surface area contributed by atoms with Gasteiger partial charge in [-0.1, -0.05) is 76.9 Å². The van der Waals surface area contributed by atoms with Crippen LogP contribution >= 0.6 is 23.5 Å². The van der Waals surface area contributed by atoms with Crippen molar-refractivity contribution in [3.63, 3.8) is 0 Å². The summed E-state index contributed by atoms with van der Waals surface area (Å²) in [5.74, 6) is 0.270. The van der Waals surface area contributed by atoms with Gasteiger partial charge in [0.1, 0.15) is 11.5 Å². The van der Waals surface area contributed by atoms with Crippen LogP contribution in [0, 0.1) is 10.8 Å². The molecule has 0 bridgehead atoms. The van der Waals surface area contributed by atoms with E-state index >= 15 is 0 Å². The molecule has 0 saturated heterocycles. The van der Waals surface area contributed by atoms with Crippen molar-refractivity contribution in [3.8, 4) is 11.5 Å². The summed E-state index contributed by atoms with van der Waals surface area (Å²) in [6, 6.07) is 26.4. The number of fused-ring (bicyclic) bond motifs is 2. The van der Waals surface area contributed by atoms with Crippen molar-refractivity contribution < 1.29 is 27.0 Å². The predicted octanol–water partition coefficient (Wildman–Crippen LogP) is 10.5. The van der Waals surface area contributed by atoms with Gasteiger partial charge in [0.15, 0.2) is 19.7 Å². The van der Waals surface area contributed by atoms with Crippen molar-refractivity contribution in [3.05, 3.63) is 84.9 Å². The number of rotatable bonds is 10. The Morgan fingerprint density at radius 1 is 0.593 bits per heavy atom. The summed E-state index contributed by atoms with van der Waals surface area (Å²) in [6.07, 6.45) is 8.91. The summed E-state index contributed by atoms with van der Waals surface area (Å²) in [5.41, 5.74) is 2.63. The lowest BCUT2D eigenvalue weighted by Crippen LogP contribution is -2.37. The van der Waals surface area contributed by atoms with Crippen LogP contribution in [0.2, 0.25) is 0 Å². The van der Waals surface area contributed by atoms with Gasteiger partial charge < -0.3 is 20.0 Å². The number of nitrogens with zero attached hydrogens (tertiary/aromatic N) is 2. The third kappa shape index (κ3) is 8.72. The lowest BCUT2D eigenvalue weighted by atomic mass is 9.82. The van der Waals surface area contributed by atoms with Crippen LogP contribution in [0.1, 0.15) is 66.2 Å². The van der Waals surface area contributed by atoms with Crippen LogP contribution < -0.4 is 9.80 Å². The van der Waals surface area contributed by atoms with Crippen molar-refractivity contribution in [1.82, 2.24) is 0 Å². The number of benzene rings is 4. The second-order valence-corrected chi connectivity index (χ2v) is 20.2. The fourth-order valence-electron chi connectivity index (χ4n) is 8.04. The van der Waals surface area contributed by atoms with Crippen LogP contribution in [0.15, 0.2) is 105 Å². The first-order valence-corrected chi connectivity index (χ1v) is 24.4. The first-order valence-electron chi connectivity index (χ1n) is 18.6. The van der Waals surface area contributed by atoms with Crippen LogP contribution in [0.25, 0.3) is 0 Å². The molecule has 54 heavy (non-hydrogen) atoms.